The average molecular weight is 631 g/mol. The van der Waals surface area contributed by atoms with Gasteiger partial charge in [-0.05, 0) is 48.2 Å². The molecule has 3 aromatic rings. The first kappa shape index (κ1) is 32.9. The van der Waals surface area contributed by atoms with Crippen molar-refractivity contribution < 1.29 is 45.5 Å². The molecule has 228 valence electrons. The summed E-state index contributed by atoms with van der Waals surface area (Å²) >= 11 is 0. The molecule has 0 atom stereocenters. The maximum Gasteiger partial charge on any atom is 0.355 e. The number of rotatable bonds is 9. The van der Waals surface area contributed by atoms with Gasteiger partial charge in [-0.15, -0.1) is 0 Å². The average Bonchev–Trinajstić information content (AvgIpc) is 3.55. The molecule has 0 aliphatic carbocycles. The van der Waals surface area contributed by atoms with Gasteiger partial charge in [-0.3, -0.25) is 9.27 Å². The number of nitrogens with one attached hydrogen (secondary N) is 1. The van der Waals surface area contributed by atoms with Crippen LogP contribution in [0.25, 0.3) is 11.6 Å². The lowest BCUT2D eigenvalue weighted by Gasteiger charge is -2.10. The van der Waals surface area contributed by atoms with E-state index in [1.165, 1.54) is 12.3 Å². The second-order valence-corrected chi connectivity index (χ2v) is 12.9. The summed E-state index contributed by atoms with van der Waals surface area (Å²) in [7, 11) is -7.92. The summed E-state index contributed by atoms with van der Waals surface area (Å²) in [5, 5.41) is 28.2. The van der Waals surface area contributed by atoms with Gasteiger partial charge in [0.1, 0.15) is 39.6 Å². The maximum absolute atomic E-state index is 12.0. The van der Waals surface area contributed by atoms with Crippen LogP contribution in [-0.4, -0.2) is 43.3 Å². The molecule has 0 saturated carbocycles. The topological polar surface area (TPSA) is 204 Å². The Balaban J connectivity index is 0.000000285. The standard InChI is InChI=1S/C20H18N2O5S.C9H12O5S/c1-2-3-11-28(24,25)22-15-8-6-14(7-9-15)19-17(13-21)20(23)27-18(19)12-16-5-4-10-26-16;1-5(2)6-3-8(11)9(4-7(6)10)15(12,13)14/h4-10,12,22H,2-3,11H2,1H3;3-5,10-11H,1-2H3,(H,12,13,14). The summed E-state index contributed by atoms with van der Waals surface area (Å²) in [5.74, 6) is -0.916. The lowest BCUT2D eigenvalue weighted by atomic mass is 9.99. The van der Waals surface area contributed by atoms with E-state index in [0.29, 0.717) is 34.6 Å². The fraction of sp³-hybridized carbons (Fsp3) is 0.241. The van der Waals surface area contributed by atoms with E-state index in [2.05, 4.69) is 4.72 Å². The van der Waals surface area contributed by atoms with Gasteiger partial charge in [0.2, 0.25) is 10.0 Å². The third-order valence-electron chi connectivity index (χ3n) is 6.05. The number of hydrogen-bond acceptors (Lipinski definition) is 10. The summed E-state index contributed by atoms with van der Waals surface area (Å²) in [5.41, 5.74) is 1.59. The minimum atomic E-state index is -4.51. The normalized spacial score (nSPS) is 14.3. The molecule has 1 aliphatic heterocycles. The number of allylic oxidation sites excluding steroid dienone is 1. The molecule has 0 spiro atoms. The molecule has 0 radical (unpaired) electrons. The Morgan fingerprint density at radius 1 is 1.05 bits per heavy atom. The van der Waals surface area contributed by atoms with Gasteiger partial charge in [0, 0.05) is 29.0 Å². The van der Waals surface area contributed by atoms with Crippen molar-refractivity contribution in [3.63, 3.8) is 0 Å². The Kier molecular flexibility index (Phi) is 10.4. The molecule has 0 unspecified atom stereocenters. The van der Waals surface area contributed by atoms with Gasteiger partial charge in [-0.25, -0.2) is 13.2 Å². The number of furan rings is 1. The Hall–Kier alpha value is -4.58. The molecule has 2 aromatic carbocycles. The molecule has 0 amide bonds. The minimum Gasteiger partial charge on any atom is -0.508 e. The number of anilines is 1. The maximum atomic E-state index is 12.0. The Bertz CT molecular complexity index is 1800. The number of carbonyl (C=O) groups is 1. The number of benzene rings is 2. The third-order valence-corrected chi connectivity index (χ3v) is 8.31. The lowest BCUT2D eigenvalue weighted by molar-refractivity contribution is -0.132. The summed E-state index contributed by atoms with van der Waals surface area (Å²) in [6, 6.07) is 13.6. The molecule has 2 heterocycles. The highest BCUT2D eigenvalue weighted by molar-refractivity contribution is 7.92. The zero-order valence-electron chi connectivity index (χ0n) is 23.4. The van der Waals surface area contributed by atoms with Crippen LogP contribution in [0.4, 0.5) is 5.69 Å². The van der Waals surface area contributed by atoms with Crippen LogP contribution in [0.2, 0.25) is 0 Å². The number of phenols is 2. The van der Waals surface area contributed by atoms with E-state index in [0.717, 1.165) is 18.6 Å². The number of phenolic OH excluding ortho intramolecular Hbond substituents is 2. The molecular formula is C29H30N2O10S2. The molecular weight excluding hydrogens is 600 g/mol. The molecule has 12 nitrogen and oxygen atoms in total. The monoisotopic (exact) mass is 630 g/mol. The van der Waals surface area contributed by atoms with Crippen LogP contribution in [0, 0.1) is 11.3 Å². The molecule has 43 heavy (non-hydrogen) atoms. The smallest absolute Gasteiger partial charge is 0.355 e. The van der Waals surface area contributed by atoms with E-state index >= 15 is 0 Å². The van der Waals surface area contributed by atoms with Gasteiger partial charge in [-0.1, -0.05) is 39.3 Å². The fourth-order valence-corrected chi connectivity index (χ4v) is 5.78. The first-order valence-electron chi connectivity index (χ1n) is 12.9. The molecule has 0 bridgehead atoms. The molecule has 4 rings (SSSR count). The second-order valence-electron chi connectivity index (χ2n) is 9.64. The van der Waals surface area contributed by atoms with Crippen LogP contribution < -0.4 is 4.72 Å². The third kappa shape index (κ3) is 8.48. The number of unbranched alkanes of at least 4 members (excludes halogenated alkanes) is 1. The summed E-state index contributed by atoms with van der Waals surface area (Å²) in [6.45, 7) is 5.48. The van der Waals surface area contributed by atoms with Gasteiger partial charge >= 0.3 is 5.97 Å². The number of nitriles is 1. The summed E-state index contributed by atoms with van der Waals surface area (Å²) < 4.78 is 67.3. The van der Waals surface area contributed by atoms with Gasteiger partial charge in [0.05, 0.1) is 12.0 Å². The van der Waals surface area contributed by atoms with E-state index in [-0.39, 0.29) is 28.8 Å². The lowest BCUT2D eigenvalue weighted by Crippen LogP contribution is -2.16. The van der Waals surface area contributed by atoms with Crippen molar-refractivity contribution in [3.05, 3.63) is 83.0 Å². The van der Waals surface area contributed by atoms with Gasteiger partial charge in [0.25, 0.3) is 10.1 Å². The van der Waals surface area contributed by atoms with Crippen molar-refractivity contribution in [3.8, 4) is 17.6 Å². The Morgan fingerprint density at radius 2 is 1.72 bits per heavy atom. The highest BCUT2D eigenvalue weighted by Gasteiger charge is 2.31. The molecule has 0 saturated heterocycles. The van der Waals surface area contributed by atoms with Crippen molar-refractivity contribution in [2.24, 2.45) is 0 Å². The molecule has 1 aromatic heterocycles. The van der Waals surface area contributed by atoms with Crippen molar-refractivity contribution in [1.82, 2.24) is 0 Å². The minimum absolute atomic E-state index is 0.0490. The second kappa shape index (κ2) is 13.6. The van der Waals surface area contributed by atoms with Crippen LogP contribution in [0.3, 0.4) is 0 Å². The highest BCUT2D eigenvalue weighted by Crippen LogP contribution is 2.36. The largest absolute Gasteiger partial charge is 0.508 e. The van der Waals surface area contributed by atoms with Crippen molar-refractivity contribution in [1.29, 1.82) is 5.26 Å². The van der Waals surface area contributed by atoms with Gasteiger partial charge < -0.3 is 19.4 Å². The van der Waals surface area contributed by atoms with Crippen LogP contribution in [-0.2, 0) is 29.7 Å². The van der Waals surface area contributed by atoms with Crippen LogP contribution in [0.1, 0.15) is 56.4 Å². The first-order valence-corrected chi connectivity index (χ1v) is 16.0. The van der Waals surface area contributed by atoms with Crippen molar-refractivity contribution in [2.75, 3.05) is 10.5 Å². The highest BCUT2D eigenvalue weighted by atomic mass is 32.2. The number of nitrogens with zero attached hydrogens (tertiary/aromatic N) is 1. The van der Waals surface area contributed by atoms with Crippen molar-refractivity contribution in [2.45, 2.75) is 44.4 Å². The van der Waals surface area contributed by atoms with Crippen LogP contribution in [0.15, 0.2) is 75.4 Å². The molecule has 14 heteroatoms. The number of aromatic hydroxyl groups is 2. The van der Waals surface area contributed by atoms with E-state index in [9.17, 15) is 37.1 Å². The Labute approximate surface area is 249 Å². The summed E-state index contributed by atoms with van der Waals surface area (Å²) in [4.78, 5) is 11.3. The van der Waals surface area contributed by atoms with E-state index in [4.69, 9.17) is 13.7 Å². The number of cyclic esters (lactones) is 1. The molecule has 4 N–H and O–H groups in total. The zero-order valence-corrected chi connectivity index (χ0v) is 25.1. The van der Waals surface area contributed by atoms with Crippen LogP contribution >= 0.6 is 0 Å². The van der Waals surface area contributed by atoms with Crippen molar-refractivity contribution >= 4 is 43.4 Å². The number of ether oxygens (including phenoxy) is 1. The van der Waals surface area contributed by atoms with Gasteiger partial charge in [0.15, 0.2) is 0 Å². The summed E-state index contributed by atoms with van der Waals surface area (Å²) in [6.07, 6.45) is 4.37. The number of sulfonamides is 1. The SMILES string of the molecule is CC(C)c1cc(O)c(S(=O)(=O)O)cc1O.CCCCS(=O)(=O)Nc1ccc(C2=C(C#N)C(=O)OC2=Cc2ccco2)cc1. The zero-order chi connectivity index (χ0) is 31.9. The van der Waals surface area contributed by atoms with Gasteiger partial charge in [-0.2, -0.15) is 13.7 Å². The number of esters is 1. The first-order chi connectivity index (χ1) is 20.2. The van der Waals surface area contributed by atoms with Crippen LogP contribution in [0.5, 0.6) is 11.5 Å². The number of hydrogen-bond donors (Lipinski definition) is 4. The quantitative estimate of drug-likeness (QED) is 0.138. The number of carbonyl (C=O) groups excluding carboxylic acids is 1. The molecule has 0 fully saturated rings. The predicted molar refractivity (Wildman–Crippen MR) is 158 cm³/mol. The predicted octanol–water partition coefficient (Wildman–Crippen LogP) is 5.16. The fourth-order valence-electron chi connectivity index (χ4n) is 3.93. The molecule has 1 aliphatic rings. The van der Waals surface area contributed by atoms with E-state index < -0.39 is 36.8 Å². The van der Waals surface area contributed by atoms with E-state index in [1.807, 2.05) is 13.0 Å². The van der Waals surface area contributed by atoms with E-state index in [1.54, 1.807) is 50.2 Å². The Morgan fingerprint density at radius 3 is 2.26 bits per heavy atom.